The van der Waals surface area contributed by atoms with Gasteiger partial charge >= 0.3 is 0 Å². The maximum absolute atomic E-state index is 5.68. The first-order valence-electron chi connectivity index (χ1n) is 7.85. The van der Waals surface area contributed by atoms with Gasteiger partial charge in [-0.15, -0.1) is 0 Å². The Bertz CT molecular complexity index is 605. The summed E-state index contributed by atoms with van der Waals surface area (Å²) in [6.07, 6.45) is 1.10. The molecule has 0 amide bonds. The highest BCUT2D eigenvalue weighted by atomic mass is 16.5. The first-order valence-corrected chi connectivity index (χ1v) is 7.85. The lowest BCUT2D eigenvalue weighted by Gasteiger charge is -2.35. The minimum atomic E-state index is 0.424. The number of ether oxygens (including phenoxy) is 1. The molecule has 112 valence electrons. The maximum atomic E-state index is 5.68. The zero-order chi connectivity index (χ0) is 14.7. The van der Waals surface area contributed by atoms with E-state index in [1.807, 2.05) is 0 Å². The first kappa shape index (κ1) is 14.4. The molecule has 1 N–H and O–H groups in total. The van der Waals surface area contributed by atoms with Crippen LogP contribution in [0.4, 0.5) is 0 Å². The predicted molar refractivity (Wildman–Crippen MR) is 88.0 cm³/mol. The molecule has 1 saturated heterocycles. The molecule has 2 aromatic rings. The summed E-state index contributed by atoms with van der Waals surface area (Å²) in [6.45, 7) is 6.62. The van der Waals surface area contributed by atoms with Crippen molar-refractivity contribution < 1.29 is 4.74 Å². The summed E-state index contributed by atoms with van der Waals surface area (Å²) in [6, 6.07) is 13.3. The van der Waals surface area contributed by atoms with Crippen LogP contribution in [0.1, 0.15) is 24.9 Å². The molecule has 1 atom stereocenters. The summed E-state index contributed by atoms with van der Waals surface area (Å²) >= 11 is 0. The monoisotopic (exact) mass is 284 g/mol. The van der Waals surface area contributed by atoms with Crippen LogP contribution in [0.3, 0.4) is 0 Å². The Morgan fingerprint density at radius 1 is 1.14 bits per heavy atom. The molecule has 1 unspecified atom stereocenters. The molecule has 21 heavy (non-hydrogen) atoms. The second-order valence-corrected chi connectivity index (χ2v) is 5.61. The zero-order valence-corrected chi connectivity index (χ0v) is 12.9. The number of piperazine rings is 1. The minimum absolute atomic E-state index is 0.424. The van der Waals surface area contributed by atoms with Crippen molar-refractivity contribution in [1.82, 2.24) is 10.2 Å². The van der Waals surface area contributed by atoms with Gasteiger partial charge in [0.15, 0.2) is 0 Å². The third-order valence-corrected chi connectivity index (χ3v) is 4.46. The molecule has 0 bridgehead atoms. The average molecular weight is 284 g/mol. The van der Waals surface area contributed by atoms with E-state index in [9.17, 15) is 0 Å². The lowest BCUT2D eigenvalue weighted by atomic mass is 9.94. The quantitative estimate of drug-likeness (QED) is 0.933. The summed E-state index contributed by atoms with van der Waals surface area (Å²) < 4.78 is 5.68. The van der Waals surface area contributed by atoms with Crippen molar-refractivity contribution in [2.45, 2.75) is 19.4 Å². The van der Waals surface area contributed by atoms with Gasteiger partial charge in [0, 0.05) is 37.8 Å². The molecule has 1 heterocycles. The normalized spacial score (nSPS) is 17.8. The third-order valence-electron chi connectivity index (χ3n) is 4.46. The Hall–Kier alpha value is -1.58. The van der Waals surface area contributed by atoms with Crippen LogP contribution in [0.2, 0.25) is 0 Å². The fourth-order valence-corrected chi connectivity index (χ4v) is 3.44. The second-order valence-electron chi connectivity index (χ2n) is 5.61. The maximum Gasteiger partial charge on any atom is 0.124 e. The molecule has 3 nitrogen and oxygen atoms in total. The van der Waals surface area contributed by atoms with Crippen LogP contribution in [-0.2, 0) is 0 Å². The van der Waals surface area contributed by atoms with Gasteiger partial charge < -0.3 is 10.1 Å². The molecular formula is C18H24N2O. The van der Waals surface area contributed by atoms with Crippen molar-refractivity contribution in [3.8, 4) is 5.75 Å². The van der Waals surface area contributed by atoms with Gasteiger partial charge in [0.25, 0.3) is 0 Å². The number of hydrogen-bond acceptors (Lipinski definition) is 3. The number of hydrogen-bond donors (Lipinski definition) is 1. The Labute approximate surface area is 126 Å². The molecule has 0 aliphatic carbocycles. The molecule has 3 heteroatoms. The van der Waals surface area contributed by atoms with Crippen LogP contribution in [0.5, 0.6) is 5.75 Å². The lowest BCUT2D eigenvalue weighted by Crippen LogP contribution is -2.45. The van der Waals surface area contributed by atoms with Crippen molar-refractivity contribution >= 4 is 10.8 Å². The Morgan fingerprint density at radius 2 is 1.90 bits per heavy atom. The van der Waals surface area contributed by atoms with Crippen molar-refractivity contribution in [2.24, 2.45) is 0 Å². The molecule has 0 saturated carbocycles. The molecule has 1 aliphatic rings. The van der Waals surface area contributed by atoms with Gasteiger partial charge in [-0.05, 0) is 23.3 Å². The summed E-state index contributed by atoms with van der Waals surface area (Å²) in [4.78, 5) is 2.58. The van der Waals surface area contributed by atoms with E-state index in [1.54, 1.807) is 7.11 Å². The molecule has 0 spiro atoms. The van der Waals surface area contributed by atoms with Gasteiger partial charge in [-0.3, -0.25) is 4.90 Å². The molecule has 1 fully saturated rings. The van der Waals surface area contributed by atoms with Gasteiger partial charge in [0.1, 0.15) is 5.75 Å². The smallest absolute Gasteiger partial charge is 0.124 e. The average Bonchev–Trinajstić information content (AvgIpc) is 2.56. The summed E-state index contributed by atoms with van der Waals surface area (Å²) in [5.41, 5.74) is 1.35. The summed E-state index contributed by atoms with van der Waals surface area (Å²) in [5, 5.41) is 6.05. The minimum Gasteiger partial charge on any atom is -0.496 e. The van der Waals surface area contributed by atoms with Crippen LogP contribution >= 0.6 is 0 Å². The fraction of sp³-hybridized carbons (Fsp3) is 0.444. The molecule has 2 aromatic carbocycles. The number of nitrogens with one attached hydrogen (secondary N) is 1. The standard InChI is InChI=1S/C18H24N2O/c1-3-16(20-12-10-19-11-13-20)18-15-7-5-4-6-14(15)8-9-17(18)21-2/h4-9,16,19H,3,10-13H2,1-2H3. The van der Waals surface area contributed by atoms with Gasteiger partial charge in [0.05, 0.1) is 7.11 Å². The van der Waals surface area contributed by atoms with E-state index in [4.69, 9.17) is 4.74 Å². The Kier molecular flexibility index (Phi) is 4.42. The Balaban J connectivity index is 2.10. The highest BCUT2D eigenvalue weighted by Gasteiger charge is 2.25. The largest absolute Gasteiger partial charge is 0.496 e. The van der Waals surface area contributed by atoms with Gasteiger partial charge in [-0.2, -0.15) is 0 Å². The summed E-state index contributed by atoms with van der Waals surface area (Å²) in [7, 11) is 1.78. The van der Waals surface area contributed by atoms with Gasteiger partial charge in [-0.25, -0.2) is 0 Å². The topological polar surface area (TPSA) is 24.5 Å². The zero-order valence-electron chi connectivity index (χ0n) is 12.9. The lowest BCUT2D eigenvalue weighted by molar-refractivity contribution is 0.167. The van der Waals surface area contributed by atoms with Crippen LogP contribution in [0.25, 0.3) is 10.8 Å². The van der Waals surface area contributed by atoms with Gasteiger partial charge in [-0.1, -0.05) is 37.3 Å². The SMILES string of the molecule is CCC(c1c(OC)ccc2ccccc12)N1CCNCC1. The van der Waals surface area contributed by atoms with Crippen LogP contribution < -0.4 is 10.1 Å². The van der Waals surface area contributed by atoms with Crippen LogP contribution in [0, 0.1) is 0 Å². The third kappa shape index (κ3) is 2.76. The van der Waals surface area contributed by atoms with Gasteiger partial charge in [0.2, 0.25) is 0 Å². The predicted octanol–water partition coefficient (Wildman–Crippen LogP) is 3.20. The number of fused-ring (bicyclic) bond motifs is 1. The highest BCUT2D eigenvalue weighted by molar-refractivity contribution is 5.88. The van der Waals surface area contributed by atoms with Crippen LogP contribution in [-0.4, -0.2) is 38.2 Å². The number of nitrogens with zero attached hydrogens (tertiary/aromatic N) is 1. The second kappa shape index (κ2) is 6.46. The Morgan fingerprint density at radius 3 is 2.62 bits per heavy atom. The molecule has 3 rings (SSSR count). The van der Waals surface area contributed by atoms with Crippen molar-refractivity contribution in [1.29, 1.82) is 0 Å². The summed E-state index contributed by atoms with van der Waals surface area (Å²) in [5.74, 6) is 1.01. The highest BCUT2D eigenvalue weighted by Crippen LogP contribution is 2.37. The van der Waals surface area contributed by atoms with E-state index in [1.165, 1.54) is 16.3 Å². The molecule has 0 radical (unpaired) electrons. The number of methoxy groups -OCH3 is 1. The number of benzene rings is 2. The molecular weight excluding hydrogens is 260 g/mol. The fourth-order valence-electron chi connectivity index (χ4n) is 3.44. The van der Waals surface area contributed by atoms with E-state index in [-0.39, 0.29) is 0 Å². The molecule has 1 aliphatic heterocycles. The van der Waals surface area contributed by atoms with Crippen molar-refractivity contribution in [3.63, 3.8) is 0 Å². The first-order chi connectivity index (χ1) is 10.3. The van der Waals surface area contributed by atoms with E-state index in [2.05, 4.69) is 53.5 Å². The van der Waals surface area contributed by atoms with Crippen molar-refractivity contribution in [2.75, 3.05) is 33.3 Å². The van der Waals surface area contributed by atoms with Crippen molar-refractivity contribution in [3.05, 3.63) is 42.0 Å². The number of rotatable bonds is 4. The molecule has 0 aromatic heterocycles. The van der Waals surface area contributed by atoms with E-state index in [0.717, 1.165) is 38.3 Å². The van der Waals surface area contributed by atoms with Crippen LogP contribution in [0.15, 0.2) is 36.4 Å². The van der Waals surface area contributed by atoms with E-state index in [0.29, 0.717) is 6.04 Å². The van der Waals surface area contributed by atoms with E-state index >= 15 is 0 Å². The van der Waals surface area contributed by atoms with E-state index < -0.39 is 0 Å².